The Hall–Kier alpha value is -3.71. The number of ether oxygens (including phenoxy) is 3. The van der Waals surface area contributed by atoms with Gasteiger partial charge in [0.05, 0.1) is 13.3 Å². The van der Waals surface area contributed by atoms with Gasteiger partial charge in [-0.25, -0.2) is 0 Å². The van der Waals surface area contributed by atoms with Gasteiger partial charge in [-0.15, -0.1) is 0 Å². The average Bonchev–Trinajstić information content (AvgIpc) is 3.05. The van der Waals surface area contributed by atoms with Gasteiger partial charge in [0.2, 0.25) is 0 Å². The van der Waals surface area contributed by atoms with Crippen molar-refractivity contribution in [2.45, 2.75) is 12.5 Å². The molecule has 0 spiro atoms. The second kappa shape index (κ2) is 9.39. The van der Waals surface area contributed by atoms with Crippen LogP contribution in [0.5, 0.6) is 28.7 Å². The highest BCUT2D eigenvalue weighted by Crippen LogP contribution is 2.51. The summed E-state index contributed by atoms with van der Waals surface area (Å²) in [5.41, 5.74) is 4.70. The summed E-state index contributed by atoms with van der Waals surface area (Å²) in [6.45, 7) is 3.15. The number of phenolic OH excluding ortho intramolecular Hbond substituents is 2. The molecule has 186 valence electrons. The monoisotopic (exact) mass is 489 g/mol. The summed E-state index contributed by atoms with van der Waals surface area (Å²) >= 11 is 0. The predicted octanol–water partition coefficient (Wildman–Crippen LogP) is 5.20. The van der Waals surface area contributed by atoms with Crippen molar-refractivity contribution in [3.05, 3.63) is 77.4 Å². The van der Waals surface area contributed by atoms with Crippen molar-refractivity contribution in [2.75, 3.05) is 39.5 Å². The quantitative estimate of drug-likeness (QED) is 0.496. The van der Waals surface area contributed by atoms with Crippen LogP contribution in [0.25, 0.3) is 11.1 Å². The fraction of sp³-hybridized carbons (Fsp3) is 0.310. The molecule has 7 heteroatoms. The van der Waals surface area contributed by atoms with Crippen LogP contribution < -0.4 is 14.2 Å². The van der Waals surface area contributed by atoms with Crippen LogP contribution in [0.3, 0.4) is 0 Å². The molecule has 0 aliphatic carbocycles. The van der Waals surface area contributed by atoms with Crippen molar-refractivity contribution >= 4 is 11.1 Å². The lowest BCUT2D eigenvalue weighted by atomic mass is 9.84. The SMILES string of the molecule is Oc1ccc2c(c1)OCCC1=C2[C@H](c2ccc(OCCN3CC(CF)C3)cc2)Oc2ccc(O)cc21. The highest BCUT2D eigenvalue weighted by atomic mass is 19.1. The minimum atomic E-state index is -0.394. The van der Waals surface area contributed by atoms with Crippen LogP contribution >= 0.6 is 0 Å². The van der Waals surface area contributed by atoms with Gasteiger partial charge < -0.3 is 24.4 Å². The Morgan fingerprint density at radius 3 is 2.50 bits per heavy atom. The molecule has 1 atom stereocenters. The van der Waals surface area contributed by atoms with Gasteiger partial charge in [0.15, 0.2) is 0 Å². The Morgan fingerprint density at radius 2 is 1.69 bits per heavy atom. The summed E-state index contributed by atoms with van der Waals surface area (Å²) in [7, 11) is 0. The summed E-state index contributed by atoms with van der Waals surface area (Å²) in [5.74, 6) is 2.59. The highest BCUT2D eigenvalue weighted by Gasteiger charge is 2.34. The summed E-state index contributed by atoms with van der Waals surface area (Å²) in [5, 5.41) is 20.2. The van der Waals surface area contributed by atoms with E-state index < -0.39 is 6.10 Å². The molecule has 3 heterocycles. The van der Waals surface area contributed by atoms with Crippen LogP contribution in [0, 0.1) is 5.92 Å². The first kappa shape index (κ1) is 22.7. The van der Waals surface area contributed by atoms with Crippen LogP contribution in [0.2, 0.25) is 0 Å². The summed E-state index contributed by atoms with van der Waals surface area (Å²) in [6.07, 6.45) is 0.247. The maximum atomic E-state index is 12.6. The summed E-state index contributed by atoms with van der Waals surface area (Å²) < 4.78 is 31.1. The number of likely N-dealkylation sites (tertiary alicyclic amines) is 1. The molecule has 0 saturated carbocycles. The molecule has 3 aliphatic rings. The van der Waals surface area contributed by atoms with Crippen LogP contribution in [0.15, 0.2) is 60.7 Å². The predicted molar refractivity (Wildman–Crippen MR) is 134 cm³/mol. The fourth-order valence-corrected chi connectivity index (χ4v) is 5.26. The lowest BCUT2D eigenvalue weighted by Gasteiger charge is -2.37. The van der Waals surface area contributed by atoms with E-state index in [1.165, 1.54) is 0 Å². The van der Waals surface area contributed by atoms with Crippen LogP contribution in [-0.4, -0.2) is 54.6 Å². The van der Waals surface area contributed by atoms with Gasteiger partial charge in [0.1, 0.15) is 41.5 Å². The standard InChI is InChI=1S/C29H28FNO5/c30-15-18-16-31(17-18)10-12-34-22-5-1-19(2-6-22)29-28-23(25-13-20(32)4-8-26(25)36-29)9-11-35-27-14-21(33)3-7-24(27)28/h1-8,13-14,18,29,32-33H,9-12,15-17H2/t29-/m0/s1. The van der Waals surface area contributed by atoms with Gasteiger partial charge in [-0.05, 0) is 53.6 Å². The van der Waals surface area contributed by atoms with E-state index in [-0.39, 0.29) is 24.1 Å². The molecule has 6 nitrogen and oxygen atoms in total. The van der Waals surface area contributed by atoms with E-state index in [1.807, 2.05) is 30.3 Å². The van der Waals surface area contributed by atoms with Crippen LogP contribution in [0.4, 0.5) is 4.39 Å². The molecular formula is C29H28FNO5. The first-order valence-corrected chi connectivity index (χ1v) is 12.3. The highest BCUT2D eigenvalue weighted by molar-refractivity contribution is 5.98. The molecule has 1 saturated heterocycles. The molecule has 0 amide bonds. The minimum absolute atomic E-state index is 0.143. The molecule has 0 unspecified atom stereocenters. The van der Waals surface area contributed by atoms with Gasteiger partial charge in [-0.3, -0.25) is 9.29 Å². The van der Waals surface area contributed by atoms with Crippen molar-refractivity contribution in [1.82, 2.24) is 4.90 Å². The Morgan fingerprint density at radius 1 is 0.917 bits per heavy atom. The third kappa shape index (κ3) is 4.24. The van der Waals surface area contributed by atoms with Crippen LogP contribution in [0.1, 0.15) is 29.2 Å². The topological polar surface area (TPSA) is 71.4 Å². The second-order valence-corrected chi connectivity index (χ2v) is 9.55. The first-order chi connectivity index (χ1) is 17.6. The van der Waals surface area contributed by atoms with Gasteiger partial charge in [0.25, 0.3) is 0 Å². The fourth-order valence-electron chi connectivity index (χ4n) is 5.26. The zero-order valence-corrected chi connectivity index (χ0v) is 19.8. The molecule has 36 heavy (non-hydrogen) atoms. The van der Waals surface area contributed by atoms with E-state index in [9.17, 15) is 14.6 Å². The number of alkyl halides is 1. The number of aromatic hydroxyl groups is 2. The number of halogens is 1. The molecule has 6 rings (SSSR count). The number of nitrogens with zero attached hydrogens (tertiary/aromatic N) is 1. The van der Waals surface area contributed by atoms with Gasteiger partial charge in [-0.2, -0.15) is 0 Å². The normalized spacial score (nSPS) is 19.2. The second-order valence-electron chi connectivity index (χ2n) is 9.55. The molecule has 0 aromatic heterocycles. The van der Waals surface area contributed by atoms with E-state index in [4.69, 9.17) is 14.2 Å². The van der Waals surface area contributed by atoms with Crippen molar-refractivity contribution in [1.29, 1.82) is 0 Å². The zero-order chi connectivity index (χ0) is 24.6. The molecule has 1 fully saturated rings. The maximum Gasteiger partial charge on any atom is 0.150 e. The number of hydrogen-bond acceptors (Lipinski definition) is 6. The lowest BCUT2D eigenvalue weighted by molar-refractivity contribution is 0.0668. The number of hydrogen-bond donors (Lipinski definition) is 2. The molecule has 3 aromatic rings. The number of rotatable bonds is 6. The Balaban J connectivity index is 1.29. The van der Waals surface area contributed by atoms with E-state index in [0.717, 1.165) is 53.2 Å². The molecule has 0 bridgehead atoms. The minimum Gasteiger partial charge on any atom is -0.508 e. The Bertz CT molecular complexity index is 1300. The van der Waals surface area contributed by atoms with Crippen molar-refractivity contribution in [3.63, 3.8) is 0 Å². The molecule has 2 N–H and O–H groups in total. The van der Waals surface area contributed by atoms with Crippen molar-refractivity contribution in [2.24, 2.45) is 5.92 Å². The van der Waals surface area contributed by atoms with E-state index in [0.29, 0.717) is 31.1 Å². The van der Waals surface area contributed by atoms with Gasteiger partial charge >= 0.3 is 0 Å². The van der Waals surface area contributed by atoms with Gasteiger partial charge in [-0.1, -0.05) is 12.1 Å². The number of phenols is 2. The summed E-state index contributed by atoms with van der Waals surface area (Å²) in [6, 6.07) is 18.2. The first-order valence-electron chi connectivity index (χ1n) is 12.3. The average molecular weight is 490 g/mol. The maximum absolute atomic E-state index is 12.6. The van der Waals surface area contributed by atoms with E-state index in [1.54, 1.807) is 30.3 Å². The Labute approximate surface area is 209 Å². The van der Waals surface area contributed by atoms with Crippen molar-refractivity contribution < 1.29 is 28.8 Å². The third-order valence-electron chi connectivity index (χ3n) is 7.10. The smallest absolute Gasteiger partial charge is 0.150 e. The van der Waals surface area contributed by atoms with Crippen LogP contribution in [-0.2, 0) is 0 Å². The lowest BCUT2D eigenvalue weighted by Crippen LogP contribution is -2.49. The number of fused-ring (bicyclic) bond motifs is 4. The Kier molecular flexibility index (Phi) is 5.93. The molecule has 0 radical (unpaired) electrons. The van der Waals surface area contributed by atoms with Crippen molar-refractivity contribution in [3.8, 4) is 28.7 Å². The van der Waals surface area contributed by atoms with Gasteiger partial charge in [0, 0.05) is 54.7 Å². The third-order valence-corrected chi connectivity index (χ3v) is 7.10. The van der Waals surface area contributed by atoms with E-state index >= 15 is 0 Å². The molecule has 3 aliphatic heterocycles. The molecule has 3 aromatic carbocycles. The number of benzene rings is 3. The van der Waals surface area contributed by atoms with E-state index in [2.05, 4.69) is 4.90 Å². The zero-order valence-electron chi connectivity index (χ0n) is 19.8. The molecular weight excluding hydrogens is 461 g/mol. The largest absolute Gasteiger partial charge is 0.508 e. The summed E-state index contributed by atoms with van der Waals surface area (Å²) in [4.78, 5) is 2.20.